The molecule has 0 radical (unpaired) electrons. The topological polar surface area (TPSA) is 69.0 Å². The van der Waals surface area contributed by atoms with Gasteiger partial charge in [0.2, 0.25) is 5.91 Å². The third kappa shape index (κ3) is 4.88. The molecule has 6 nitrogen and oxygen atoms in total. The van der Waals surface area contributed by atoms with E-state index in [1.807, 2.05) is 91.2 Å². The van der Waals surface area contributed by atoms with E-state index in [1.165, 1.54) is 11.8 Å². The number of ether oxygens (including phenoxy) is 1. The number of amides is 1. The quantitative estimate of drug-likeness (QED) is 0.382. The van der Waals surface area contributed by atoms with Gasteiger partial charge in [-0.25, -0.2) is 0 Å². The minimum atomic E-state index is -0.256. The molecule has 158 valence electrons. The first-order valence-electron chi connectivity index (χ1n) is 10.2. The molecular weight excluding hydrogens is 408 g/mol. The number of carbonyl (C=O) groups excluding carboxylic acids is 1. The van der Waals surface area contributed by atoms with E-state index in [9.17, 15) is 4.79 Å². The minimum absolute atomic E-state index is 0.0814. The van der Waals surface area contributed by atoms with Crippen LogP contribution >= 0.6 is 11.8 Å². The molecule has 0 bridgehead atoms. The van der Waals surface area contributed by atoms with Gasteiger partial charge in [-0.1, -0.05) is 66.4 Å². The third-order valence-electron chi connectivity index (χ3n) is 4.88. The van der Waals surface area contributed by atoms with Gasteiger partial charge in [-0.15, -0.1) is 10.2 Å². The van der Waals surface area contributed by atoms with Gasteiger partial charge in [0.25, 0.3) is 0 Å². The predicted molar refractivity (Wildman–Crippen MR) is 124 cm³/mol. The molecule has 3 aromatic carbocycles. The molecule has 0 saturated heterocycles. The van der Waals surface area contributed by atoms with E-state index in [1.54, 1.807) is 0 Å². The average molecular weight is 433 g/mol. The number of thioether (sulfide) groups is 1. The summed E-state index contributed by atoms with van der Waals surface area (Å²) in [7, 11) is 0. The Morgan fingerprint density at radius 1 is 1.03 bits per heavy atom. The maximum atomic E-state index is 12.6. The molecule has 0 unspecified atom stereocenters. The molecule has 0 aliphatic heterocycles. The van der Waals surface area contributed by atoms with E-state index >= 15 is 0 Å². The van der Waals surface area contributed by atoms with Crippen molar-refractivity contribution >= 4 is 34.1 Å². The number of aromatic nitrogens is 3. The lowest BCUT2D eigenvalue weighted by Gasteiger charge is -2.15. The van der Waals surface area contributed by atoms with Crippen molar-refractivity contribution in [3.8, 4) is 5.75 Å². The molecule has 0 aliphatic rings. The number of carbonyl (C=O) groups is 1. The summed E-state index contributed by atoms with van der Waals surface area (Å²) in [6.07, 6.45) is -0.256. The van der Waals surface area contributed by atoms with Gasteiger partial charge in [0.15, 0.2) is 17.1 Å². The summed E-state index contributed by atoms with van der Waals surface area (Å²) in [5, 5.41) is 14.4. The van der Waals surface area contributed by atoms with Crippen LogP contribution in [0, 0.1) is 0 Å². The van der Waals surface area contributed by atoms with Crippen LogP contribution in [0.4, 0.5) is 5.69 Å². The Morgan fingerprint density at radius 3 is 2.58 bits per heavy atom. The van der Waals surface area contributed by atoms with Gasteiger partial charge in [0.1, 0.15) is 5.75 Å². The largest absolute Gasteiger partial charge is 0.483 e. The summed E-state index contributed by atoms with van der Waals surface area (Å²) in [5.74, 6) is 1.68. The van der Waals surface area contributed by atoms with E-state index in [2.05, 4.69) is 15.5 Å². The molecular formula is C24H24N4O2S. The Hall–Kier alpha value is -3.32. The maximum absolute atomic E-state index is 12.6. The van der Waals surface area contributed by atoms with Crippen molar-refractivity contribution in [3.63, 3.8) is 0 Å². The van der Waals surface area contributed by atoms with Gasteiger partial charge in [0, 0.05) is 17.6 Å². The van der Waals surface area contributed by atoms with Crippen LogP contribution < -0.4 is 10.1 Å². The lowest BCUT2D eigenvalue weighted by atomic mass is 10.1. The minimum Gasteiger partial charge on any atom is -0.483 e. The fourth-order valence-corrected chi connectivity index (χ4v) is 4.22. The number of rotatable bonds is 8. The Balaban J connectivity index is 1.42. The van der Waals surface area contributed by atoms with Gasteiger partial charge in [-0.05, 0) is 37.4 Å². The van der Waals surface area contributed by atoms with Crippen LogP contribution in [0.15, 0.2) is 78.0 Å². The van der Waals surface area contributed by atoms with Crippen molar-refractivity contribution in [2.24, 2.45) is 0 Å². The maximum Gasteiger partial charge on any atom is 0.234 e. The Kier molecular flexibility index (Phi) is 6.52. The van der Waals surface area contributed by atoms with E-state index in [-0.39, 0.29) is 17.8 Å². The molecule has 1 aromatic heterocycles. The third-order valence-corrected chi connectivity index (χ3v) is 5.84. The number of hydrogen-bond acceptors (Lipinski definition) is 5. The number of nitrogens with one attached hydrogen (secondary N) is 1. The van der Waals surface area contributed by atoms with Crippen molar-refractivity contribution in [1.82, 2.24) is 14.8 Å². The van der Waals surface area contributed by atoms with Crippen molar-refractivity contribution in [2.75, 3.05) is 11.1 Å². The summed E-state index contributed by atoms with van der Waals surface area (Å²) < 4.78 is 7.98. The van der Waals surface area contributed by atoms with Gasteiger partial charge in [-0.2, -0.15) is 0 Å². The highest BCUT2D eigenvalue weighted by atomic mass is 32.2. The van der Waals surface area contributed by atoms with E-state index in [0.717, 1.165) is 28.0 Å². The first kappa shape index (κ1) is 20.9. The van der Waals surface area contributed by atoms with E-state index in [4.69, 9.17) is 4.74 Å². The molecule has 1 atom stereocenters. The number of para-hydroxylation sites is 1. The zero-order valence-electron chi connectivity index (χ0n) is 17.5. The zero-order valence-corrected chi connectivity index (χ0v) is 18.3. The fourth-order valence-electron chi connectivity index (χ4n) is 3.41. The highest BCUT2D eigenvalue weighted by molar-refractivity contribution is 7.99. The Morgan fingerprint density at radius 2 is 1.77 bits per heavy atom. The molecule has 4 rings (SSSR count). The van der Waals surface area contributed by atoms with Crippen LogP contribution in [0.2, 0.25) is 0 Å². The summed E-state index contributed by atoms with van der Waals surface area (Å²) in [6, 6.07) is 23.5. The molecule has 0 spiro atoms. The Labute approximate surface area is 185 Å². The fraction of sp³-hybridized carbons (Fsp3) is 0.208. The first-order valence-corrected chi connectivity index (χ1v) is 11.2. The van der Waals surface area contributed by atoms with Crippen molar-refractivity contribution in [1.29, 1.82) is 0 Å². The lowest BCUT2D eigenvalue weighted by Crippen LogP contribution is -2.15. The standard InChI is InChI=1S/C24H24N4O2S/c1-3-28-23(17(2)30-19-12-5-4-6-13-19)26-27-24(28)31-16-22(29)25-21-15-9-11-18-10-7-8-14-20(18)21/h4-15,17H,3,16H2,1-2H3,(H,25,29)/t17-/m0/s1. The summed E-state index contributed by atoms with van der Waals surface area (Å²) in [5.41, 5.74) is 0.811. The summed E-state index contributed by atoms with van der Waals surface area (Å²) in [4.78, 5) is 12.6. The normalized spacial score (nSPS) is 11.9. The number of anilines is 1. The van der Waals surface area contributed by atoms with Gasteiger partial charge in [0.05, 0.1) is 5.75 Å². The average Bonchev–Trinajstić information content (AvgIpc) is 3.22. The molecule has 1 amide bonds. The summed E-state index contributed by atoms with van der Waals surface area (Å²) in [6.45, 7) is 4.67. The predicted octanol–water partition coefficient (Wildman–Crippen LogP) is 5.32. The highest BCUT2D eigenvalue weighted by Gasteiger charge is 2.19. The highest BCUT2D eigenvalue weighted by Crippen LogP contribution is 2.26. The van der Waals surface area contributed by atoms with Crippen LogP contribution in [-0.4, -0.2) is 26.4 Å². The second-order valence-electron chi connectivity index (χ2n) is 7.02. The lowest BCUT2D eigenvalue weighted by molar-refractivity contribution is -0.113. The second-order valence-corrected chi connectivity index (χ2v) is 7.96. The van der Waals surface area contributed by atoms with E-state index < -0.39 is 0 Å². The van der Waals surface area contributed by atoms with Gasteiger partial charge >= 0.3 is 0 Å². The van der Waals surface area contributed by atoms with Gasteiger partial charge in [-0.3, -0.25) is 4.79 Å². The Bertz CT molecular complexity index is 1170. The number of fused-ring (bicyclic) bond motifs is 1. The molecule has 1 N–H and O–H groups in total. The van der Waals surface area contributed by atoms with Crippen molar-refractivity contribution in [3.05, 3.63) is 78.6 Å². The second kappa shape index (κ2) is 9.66. The van der Waals surface area contributed by atoms with Crippen LogP contribution in [0.25, 0.3) is 10.8 Å². The van der Waals surface area contributed by atoms with Crippen LogP contribution in [0.5, 0.6) is 5.75 Å². The number of nitrogens with zero attached hydrogens (tertiary/aromatic N) is 3. The molecule has 1 heterocycles. The van der Waals surface area contributed by atoms with Crippen molar-refractivity contribution < 1.29 is 9.53 Å². The smallest absolute Gasteiger partial charge is 0.234 e. The van der Waals surface area contributed by atoms with Crippen LogP contribution in [0.1, 0.15) is 25.8 Å². The molecule has 7 heteroatoms. The van der Waals surface area contributed by atoms with Gasteiger partial charge < -0.3 is 14.6 Å². The van der Waals surface area contributed by atoms with E-state index in [0.29, 0.717) is 11.7 Å². The number of hydrogen-bond donors (Lipinski definition) is 1. The molecule has 0 fully saturated rings. The summed E-state index contributed by atoms with van der Waals surface area (Å²) >= 11 is 1.37. The van der Waals surface area contributed by atoms with Crippen molar-refractivity contribution in [2.45, 2.75) is 31.7 Å². The molecule has 4 aromatic rings. The van der Waals surface area contributed by atoms with Crippen LogP contribution in [0.3, 0.4) is 0 Å². The molecule has 0 saturated carbocycles. The monoisotopic (exact) mass is 432 g/mol. The molecule has 0 aliphatic carbocycles. The zero-order chi connectivity index (χ0) is 21.6. The molecule has 31 heavy (non-hydrogen) atoms. The number of benzene rings is 3. The SMILES string of the molecule is CCn1c(SCC(=O)Nc2cccc3ccccc23)nnc1[C@H](C)Oc1ccccc1. The first-order chi connectivity index (χ1) is 15.2. The van der Waals surface area contributed by atoms with Crippen LogP contribution in [-0.2, 0) is 11.3 Å².